The highest BCUT2D eigenvalue weighted by Gasteiger charge is 2.25. The van der Waals surface area contributed by atoms with Crippen LogP contribution in [0.2, 0.25) is 0 Å². The summed E-state index contributed by atoms with van der Waals surface area (Å²) in [6.07, 6.45) is 5.35. The van der Waals surface area contributed by atoms with Gasteiger partial charge in [-0.2, -0.15) is 0 Å². The third kappa shape index (κ3) is 2.76. The molecule has 0 unspecified atom stereocenters. The van der Waals surface area contributed by atoms with Gasteiger partial charge in [0.15, 0.2) is 0 Å². The molecule has 1 aliphatic heterocycles. The van der Waals surface area contributed by atoms with Crippen molar-refractivity contribution in [3.63, 3.8) is 0 Å². The van der Waals surface area contributed by atoms with Crippen LogP contribution in [0.5, 0.6) is 0 Å². The van der Waals surface area contributed by atoms with Crippen LogP contribution in [0.3, 0.4) is 0 Å². The molecule has 116 valence electrons. The number of nitrogens with two attached hydrogens (primary N) is 1. The van der Waals surface area contributed by atoms with Gasteiger partial charge in [0, 0.05) is 19.3 Å². The zero-order valence-electron chi connectivity index (χ0n) is 12.7. The topological polar surface area (TPSA) is 103 Å². The Hall–Kier alpha value is -2.51. The molecule has 1 aliphatic rings. The summed E-state index contributed by atoms with van der Waals surface area (Å²) in [5, 5.41) is 4.17. The van der Waals surface area contributed by atoms with Crippen molar-refractivity contribution in [2.24, 2.45) is 5.73 Å². The van der Waals surface area contributed by atoms with E-state index in [4.69, 9.17) is 5.73 Å². The minimum absolute atomic E-state index is 0.0589. The standard InChI is InChI=1S/C14H19N7O/c1-9-6-16-10(2)14(18-9)20-5-3-4-11(7-20)21-8-17-13(19-21)12(15)22/h6,8,11H,3-5,7H2,1-2H3,(H2,15,22)/t11-/m1/s1. The molecular formula is C14H19N7O. The van der Waals surface area contributed by atoms with E-state index >= 15 is 0 Å². The lowest BCUT2D eigenvalue weighted by atomic mass is 10.1. The van der Waals surface area contributed by atoms with Crippen molar-refractivity contribution in [3.8, 4) is 0 Å². The van der Waals surface area contributed by atoms with Crippen LogP contribution in [0.1, 0.15) is 40.9 Å². The van der Waals surface area contributed by atoms with Crippen LogP contribution in [0.25, 0.3) is 0 Å². The van der Waals surface area contributed by atoms with Crippen LogP contribution < -0.4 is 10.6 Å². The summed E-state index contributed by atoms with van der Waals surface area (Å²) in [4.78, 5) is 26.3. The maximum absolute atomic E-state index is 11.1. The molecule has 1 amide bonds. The van der Waals surface area contributed by atoms with E-state index in [0.29, 0.717) is 0 Å². The average molecular weight is 301 g/mol. The van der Waals surface area contributed by atoms with Gasteiger partial charge >= 0.3 is 0 Å². The Morgan fingerprint density at radius 1 is 1.36 bits per heavy atom. The van der Waals surface area contributed by atoms with E-state index in [1.54, 1.807) is 17.2 Å². The number of piperidine rings is 1. The Balaban J connectivity index is 1.81. The van der Waals surface area contributed by atoms with Crippen molar-refractivity contribution >= 4 is 11.7 Å². The van der Waals surface area contributed by atoms with Gasteiger partial charge in [-0.25, -0.2) is 14.6 Å². The Morgan fingerprint density at radius 2 is 2.18 bits per heavy atom. The molecule has 0 aromatic carbocycles. The van der Waals surface area contributed by atoms with E-state index in [2.05, 4.69) is 25.0 Å². The van der Waals surface area contributed by atoms with Crippen LogP contribution >= 0.6 is 0 Å². The predicted octanol–water partition coefficient (Wildman–Crippen LogP) is 0.625. The number of hydrogen-bond acceptors (Lipinski definition) is 6. The van der Waals surface area contributed by atoms with Gasteiger partial charge in [0.2, 0.25) is 5.82 Å². The van der Waals surface area contributed by atoms with E-state index in [1.807, 2.05) is 13.8 Å². The molecule has 22 heavy (non-hydrogen) atoms. The molecule has 0 aliphatic carbocycles. The fraction of sp³-hybridized carbons (Fsp3) is 0.500. The molecule has 2 aromatic heterocycles. The molecular weight excluding hydrogens is 282 g/mol. The Bertz CT molecular complexity index is 696. The van der Waals surface area contributed by atoms with Crippen molar-refractivity contribution in [2.45, 2.75) is 32.7 Å². The van der Waals surface area contributed by atoms with Crippen LogP contribution in [0.15, 0.2) is 12.5 Å². The van der Waals surface area contributed by atoms with E-state index in [9.17, 15) is 4.79 Å². The van der Waals surface area contributed by atoms with E-state index in [1.165, 1.54) is 0 Å². The molecule has 0 radical (unpaired) electrons. The van der Waals surface area contributed by atoms with Crippen molar-refractivity contribution in [1.29, 1.82) is 0 Å². The number of anilines is 1. The summed E-state index contributed by atoms with van der Waals surface area (Å²) in [7, 11) is 0. The zero-order valence-corrected chi connectivity index (χ0v) is 12.7. The third-order valence-electron chi connectivity index (χ3n) is 3.85. The smallest absolute Gasteiger partial charge is 0.288 e. The molecule has 1 saturated heterocycles. The van der Waals surface area contributed by atoms with Gasteiger partial charge < -0.3 is 10.6 Å². The van der Waals surface area contributed by atoms with Gasteiger partial charge in [-0.15, -0.1) is 5.10 Å². The summed E-state index contributed by atoms with van der Waals surface area (Å²) >= 11 is 0. The highest BCUT2D eigenvalue weighted by molar-refractivity contribution is 5.88. The van der Waals surface area contributed by atoms with E-state index in [0.717, 1.165) is 43.1 Å². The van der Waals surface area contributed by atoms with Gasteiger partial charge in [0.25, 0.3) is 5.91 Å². The third-order valence-corrected chi connectivity index (χ3v) is 3.85. The number of aromatic nitrogens is 5. The molecule has 1 fully saturated rings. The summed E-state index contributed by atoms with van der Waals surface area (Å²) < 4.78 is 1.73. The first-order valence-corrected chi connectivity index (χ1v) is 7.30. The minimum atomic E-state index is -0.605. The number of amides is 1. The first kappa shape index (κ1) is 14.4. The van der Waals surface area contributed by atoms with Crippen LogP contribution in [0, 0.1) is 13.8 Å². The monoisotopic (exact) mass is 301 g/mol. The summed E-state index contributed by atoms with van der Waals surface area (Å²) in [6.45, 7) is 5.60. The lowest BCUT2D eigenvalue weighted by molar-refractivity contribution is 0.0990. The van der Waals surface area contributed by atoms with E-state index < -0.39 is 5.91 Å². The lowest BCUT2D eigenvalue weighted by Crippen LogP contribution is -2.38. The Labute approximate surface area is 128 Å². The van der Waals surface area contributed by atoms with Crippen LogP contribution in [-0.2, 0) is 0 Å². The SMILES string of the molecule is Cc1cnc(C)c(N2CCC[C@@H](n3cnc(C(N)=O)n3)C2)n1. The molecule has 3 rings (SSSR count). The van der Waals surface area contributed by atoms with Crippen LogP contribution in [0.4, 0.5) is 5.82 Å². The number of hydrogen-bond donors (Lipinski definition) is 1. The predicted molar refractivity (Wildman–Crippen MR) is 80.5 cm³/mol. The van der Waals surface area contributed by atoms with Crippen LogP contribution in [-0.4, -0.2) is 43.7 Å². The number of primary amides is 1. The normalized spacial score (nSPS) is 18.5. The van der Waals surface area contributed by atoms with Crippen molar-refractivity contribution < 1.29 is 4.79 Å². The first-order valence-electron chi connectivity index (χ1n) is 7.30. The molecule has 2 N–H and O–H groups in total. The highest BCUT2D eigenvalue weighted by Crippen LogP contribution is 2.26. The summed E-state index contributed by atoms with van der Waals surface area (Å²) in [5.41, 5.74) is 7.03. The molecule has 3 heterocycles. The molecule has 2 aromatic rings. The van der Waals surface area contributed by atoms with Gasteiger partial charge in [-0.1, -0.05) is 0 Å². The second kappa shape index (κ2) is 5.70. The van der Waals surface area contributed by atoms with Crippen molar-refractivity contribution in [3.05, 3.63) is 29.7 Å². The fourth-order valence-corrected chi connectivity index (χ4v) is 2.75. The Morgan fingerprint density at radius 3 is 2.91 bits per heavy atom. The lowest BCUT2D eigenvalue weighted by Gasteiger charge is -2.34. The molecule has 0 spiro atoms. The molecule has 0 bridgehead atoms. The fourth-order valence-electron chi connectivity index (χ4n) is 2.75. The second-order valence-corrected chi connectivity index (χ2v) is 5.57. The molecule has 0 saturated carbocycles. The number of rotatable bonds is 3. The maximum Gasteiger partial charge on any atom is 0.288 e. The number of carbonyl (C=O) groups excluding carboxylic acids is 1. The van der Waals surface area contributed by atoms with E-state index in [-0.39, 0.29) is 11.9 Å². The number of aryl methyl sites for hydroxylation is 2. The van der Waals surface area contributed by atoms with Gasteiger partial charge in [0.05, 0.1) is 17.4 Å². The molecule has 8 heteroatoms. The highest BCUT2D eigenvalue weighted by atomic mass is 16.1. The van der Waals surface area contributed by atoms with Crippen molar-refractivity contribution in [2.75, 3.05) is 18.0 Å². The Kier molecular flexibility index (Phi) is 3.74. The summed E-state index contributed by atoms with van der Waals surface area (Å²) in [6, 6.07) is 0.149. The van der Waals surface area contributed by atoms with Gasteiger partial charge in [0.1, 0.15) is 12.1 Å². The summed E-state index contributed by atoms with van der Waals surface area (Å²) in [5.74, 6) is 0.371. The maximum atomic E-state index is 11.1. The number of nitrogens with zero attached hydrogens (tertiary/aromatic N) is 6. The minimum Gasteiger partial charge on any atom is -0.363 e. The largest absolute Gasteiger partial charge is 0.363 e. The second-order valence-electron chi connectivity index (χ2n) is 5.57. The average Bonchev–Trinajstić information content (AvgIpc) is 3.00. The molecule has 8 nitrogen and oxygen atoms in total. The number of carbonyl (C=O) groups is 1. The van der Waals surface area contributed by atoms with Gasteiger partial charge in [-0.3, -0.25) is 9.78 Å². The van der Waals surface area contributed by atoms with Crippen molar-refractivity contribution in [1.82, 2.24) is 24.7 Å². The quantitative estimate of drug-likeness (QED) is 0.891. The first-order chi connectivity index (χ1) is 10.5. The van der Waals surface area contributed by atoms with Gasteiger partial charge in [-0.05, 0) is 26.7 Å². The zero-order chi connectivity index (χ0) is 15.7. The molecule has 1 atom stereocenters.